The summed E-state index contributed by atoms with van der Waals surface area (Å²) in [4.78, 5) is 15.8. The van der Waals surface area contributed by atoms with Crippen LogP contribution in [-0.4, -0.2) is 38.4 Å². The molecule has 2 aromatic rings. The quantitative estimate of drug-likeness (QED) is 0.465. The number of aliphatic imine (C=N–C) groups is 1. The average molecular weight is 402 g/mol. The molecule has 3 N–H and O–H groups in total. The fraction of sp³-hybridized carbons (Fsp3) is 0.333. The first-order valence-corrected chi connectivity index (χ1v) is 9.38. The third-order valence-electron chi connectivity index (χ3n) is 3.86. The molecule has 1 unspecified atom stereocenters. The maximum Gasteiger partial charge on any atom is 0.411 e. The van der Waals surface area contributed by atoms with Gasteiger partial charge in [0.2, 0.25) is 0 Å². The summed E-state index contributed by atoms with van der Waals surface area (Å²) in [5, 5.41) is 9.02. The van der Waals surface area contributed by atoms with E-state index >= 15 is 0 Å². The van der Waals surface area contributed by atoms with Crippen LogP contribution in [0.25, 0.3) is 0 Å². The first-order chi connectivity index (χ1) is 14.0. The highest BCUT2D eigenvalue weighted by Gasteiger charge is 2.06. The van der Waals surface area contributed by atoms with Crippen LogP contribution in [0.15, 0.2) is 53.5 Å². The smallest absolute Gasteiger partial charge is 0.411 e. The molecule has 156 valence electrons. The molecule has 0 saturated carbocycles. The molecule has 1 atom stereocenters. The Morgan fingerprint density at radius 3 is 2.41 bits per heavy atom. The van der Waals surface area contributed by atoms with Gasteiger partial charge in [-0.3, -0.25) is 5.32 Å². The van der Waals surface area contributed by atoms with E-state index in [0.29, 0.717) is 30.5 Å². The lowest BCUT2D eigenvalue weighted by Gasteiger charge is -2.17. The fourth-order valence-corrected chi connectivity index (χ4v) is 2.40. The molecule has 0 radical (unpaired) electrons. The van der Waals surface area contributed by atoms with Crippen molar-refractivity contribution in [2.24, 2.45) is 4.99 Å². The van der Waals surface area contributed by atoms with Crippen molar-refractivity contribution in [3.63, 3.8) is 0 Å². The standard InChI is InChI=1S/C21H27FN4O3/c1-4-23-20(24-13-15(2)29-19-11-7-17(22)8-12-19)25-14-16-5-9-18(10-6-16)26-21(27)28-3/h5-12,15H,4,13-14H2,1-3H3,(H,26,27)(H2,23,24,25). The molecule has 8 heteroatoms. The molecule has 7 nitrogen and oxygen atoms in total. The molecular formula is C21H27FN4O3. The number of carbonyl (C=O) groups excluding carboxylic acids is 1. The predicted octanol–water partition coefficient (Wildman–Crippen LogP) is 3.53. The SMILES string of the molecule is CCNC(=NCc1ccc(NC(=O)OC)cc1)NCC(C)Oc1ccc(F)cc1. The van der Waals surface area contributed by atoms with Crippen LogP contribution < -0.4 is 20.7 Å². The van der Waals surface area contributed by atoms with Gasteiger partial charge in [0.25, 0.3) is 0 Å². The van der Waals surface area contributed by atoms with Gasteiger partial charge in [0.05, 0.1) is 20.2 Å². The summed E-state index contributed by atoms with van der Waals surface area (Å²) < 4.78 is 23.3. The predicted molar refractivity (Wildman–Crippen MR) is 112 cm³/mol. The highest BCUT2D eigenvalue weighted by molar-refractivity contribution is 5.84. The van der Waals surface area contributed by atoms with Gasteiger partial charge in [-0.25, -0.2) is 14.2 Å². The maximum atomic E-state index is 13.0. The summed E-state index contributed by atoms with van der Waals surface area (Å²) in [5.41, 5.74) is 1.65. The Labute approximate surface area is 170 Å². The highest BCUT2D eigenvalue weighted by Crippen LogP contribution is 2.13. The van der Waals surface area contributed by atoms with Crippen LogP contribution >= 0.6 is 0 Å². The van der Waals surface area contributed by atoms with E-state index in [9.17, 15) is 9.18 Å². The summed E-state index contributed by atoms with van der Waals surface area (Å²) in [6, 6.07) is 13.3. The maximum absolute atomic E-state index is 13.0. The number of hydrogen-bond donors (Lipinski definition) is 3. The van der Waals surface area contributed by atoms with Crippen molar-refractivity contribution in [3.8, 4) is 5.75 Å². The van der Waals surface area contributed by atoms with E-state index in [4.69, 9.17) is 4.74 Å². The van der Waals surface area contributed by atoms with Crippen molar-refractivity contribution in [3.05, 3.63) is 59.9 Å². The third-order valence-corrected chi connectivity index (χ3v) is 3.86. The molecule has 0 bridgehead atoms. The number of ether oxygens (including phenoxy) is 2. The van der Waals surface area contributed by atoms with E-state index in [1.165, 1.54) is 19.2 Å². The summed E-state index contributed by atoms with van der Waals surface area (Å²) in [6.07, 6.45) is -0.639. The molecule has 2 aromatic carbocycles. The van der Waals surface area contributed by atoms with Gasteiger partial charge >= 0.3 is 6.09 Å². The van der Waals surface area contributed by atoms with Crippen molar-refractivity contribution < 1.29 is 18.7 Å². The van der Waals surface area contributed by atoms with Crippen LogP contribution in [0.1, 0.15) is 19.4 Å². The van der Waals surface area contributed by atoms with Gasteiger partial charge in [0, 0.05) is 12.2 Å². The van der Waals surface area contributed by atoms with Gasteiger partial charge in [0.15, 0.2) is 5.96 Å². The van der Waals surface area contributed by atoms with Crippen LogP contribution in [-0.2, 0) is 11.3 Å². The number of amides is 1. The molecule has 1 amide bonds. The molecule has 0 heterocycles. The second-order valence-corrected chi connectivity index (χ2v) is 6.27. The van der Waals surface area contributed by atoms with E-state index < -0.39 is 6.09 Å². The lowest BCUT2D eigenvalue weighted by atomic mass is 10.2. The van der Waals surface area contributed by atoms with Gasteiger partial charge < -0.3 is 20.1 Å². The molecule has 0 fully saturated rings. The Morgan fingerprint density at radius 1 is 1.10 bits per heavy atom. The summed E-state index contributed by atoms with van der Waals surface area (Å²) in [5.74, 6) is 0.987. The number of anilines is 1. The van der Waals surface area contributed by atoms with Crippen molar-refractivity contribution in [2.75, 3.05) is 25.5 Å². The minimum atomic E-state index is -0.508. The largest absolute Gasteiger partial charge is 0.489 e. The first kappa shape index (κ1) is 22.0. The number of guanidine groups is 1. The van der Waals surface area contributed by atoms with E-state index in [2.05, 4.69) is 25.7 Å². The number of carbonyl (C=O) groups is 1. The zero-order valence-corrected chi connectivity index (χ0v) is 16.9. The molecule has 0 saturated heterocycles. The molecule has 29 heavy (non-hydrogen) atoms. The van der Waals surface area contributed by atoms with Crippen LogP contribution in [0, 0.1) is 5.82 Å². The van der Waals surface area contributed by atoms with Crippen LogP contribution in [0.2, 0.25) is 0 Å². The molecule has 2 rings (SSSR count). The van der Waals surface area contributed by atoms with E-state index in [1.54, 1.807) is 24.3 Å². The monoisotopic (exact) mass is 402 g/mol. The Kier molecular flexibility index (Phi) is 8.75. The molecule has 0 aliphatic rings. The molecular weight excluding hydrogens is 375 g/mol. The highest BCUT2D eigenvalue weighted by atomic mass is 19.1. The third kappa shape index (κ3) is 8.08. The Morgan fingerprint density at radius 2 is 1.79 bits per heavy atom. The summed E-state index contributed by atoms with van der Waals surface area (Å²) in [7, 11) is 1.32. The number of methoxy groups -OCH3 is 1. The lowest BCUT2D eigenvalue weighted by Crippen LogP contribution is -2.41. The van der Waals surface area contributed by atoms with Gasteiger partial charge in [-0.2, -0.15) is 0 Å². The van der Waals surface area contributed by atoms with E-state index in [0.717, 1.165) is 12.1 Å². The minimum absolute atomic E-state index is 0.131. The summed E-state index contributed by atoms with van der Waals surface area (Å²) >= 11 is 0. The molecule has 0 aliphatic carbocycles. The average Bonchev–Trinajstić information content (AvgIpc) is 2.72. The zero-order valence-electron chi connectivity index (χ0n) is 16.9. The second kappa shape index (κ2) is 11.5. The van der Waals surface area contributed by atoms with Crippen LogP contribution in [0.4, 0.5) is 14.9 Å². The normalized spacial score (nSPS) is 12.1. The van der Waals surface area contributed by atoms with E-state index in [1.807, 2.05) is 26.0 Å². The van der Waals surface area contributed by atoms with E-state index in [-0.39, 0.29) is 11.9 Å². The van der Waals surface area contributed by atoms with Crippen molar-refractivity contribution >= 4 is 17.7 Å². The molecule has 0 spiro atoms. The fourth-order valence-electron chi connectivity index (χ4n) is 2.40. The second-order valence-electron chi connectivity index (χ2n) is 6.27. The van der Waals surface area contributed by atoms with Crippen LogP contribution in [0.3, 0.4) is 0 Å². The Bertz CT molecular complexity index is 795. The van der Waals surface area contributed by atoms with Crippen molar-refractivity contribution in [1.29, 1.82) is 0 Å². The Hall–Kier alpha value is -3.29. The molecule has 0 aromatic heterocycles. The zero-order chi connectivity index (χ0) is 21.1. The van der Waals surface area contributed by atoms with Crippen molar-refractivity contribution in [2.45, 2.75) is 26.5 Å². The first-order valence-electron chi connectivity index (χ1n) is 9.38. The van der Waals surface area contributed by atoms with Gasteiger partial charge in [-0.1, -0.05) is 12.1 Å². The van der Waals surface area contributed by atoms with Crippen LogP contribution in [0.5, 0.6) is 5.75 Å². The van der Waals surface area contributed by atoms with Gasteiger partial charge in [0.1, 0.15) is 17.7 Å². The topological polar surface area (TPSA) is 84.0 Å². The van der Waals surface area contributed by atoms with Gasteiger partial charge in [-0.15, -0.1) is 0 Å². The number of nitrogens with one attached hydrogen (secondary N) is 3. The van der Waals surface area contributed by atoms with Gasteiger partial charge in [-0.05, 0) is 55.8 Å². The van der Waals surface area contributed by atoms with Crippen molar-refractivity contribution in [1.82, 2.24) is 10.6 Å². The minimum Gasteiger partial charge on any atom is -0.489 e. The number of nitrogens with zero attached hydrogens (tertiary/aromatic N) is 1. The number of halogens is 1. The Balaban J connectivity index is 1.86. The lowest BCUT2D eigenvalue weighted by molar-refractivity contribution is 0.187. The number of hydrogen-bond acceptors (Lipinski definition) is 4. The number of benzene rings is 2. The number of rotatable bonds is 8. The summed E-state index contributed by atoms with van der Waals surface area (Å²) in [6.45, 7) is 5.64. The molecule has 0 aliphatic heterocycles.